The molecule has 2 rings (SSSR count). The highest BCUT2D eigenvalue weighted by Crippen LogP contribution is 2.32. The van der Waals surface area contributed by atoms with Gasteiger partial charge in [-0.2, -0.15) is 0 Å². The fraction of sp³-hybridized carbons (Fsp3) is 0.0833. The molecule has 0 bridgehead atoms. The number of carbonyl (C=O) groups excluding carboxylic acids is 1. The second-order valence-electron chi connectivity index (χ2n) is 3.46. The van der Waals surface area contributed by atoms with E-state index in [1.165, 1.54) is 25.3 Å². The monoisotopic (exact) mass is 247 g/mol. The van der Waals surface area contributed by atoms with Crippen LogP contribution in [0.5, 0.6) is 5.75 Å². The summed E-state index contributed by atoms with van der Waals surface area (Å²) in [5.74, 6) is 0.734. The van der Waals surface area contributed by atoms with E-state index in [2.05, 4.69) is 0 Å². The molecule has 1 aromatic heterocycles. The second kappa shape index (κ2) is 4.70. The van der Waals surface area contributed by atoms with Crippen LogP contribution in [-0.2, 0) is 0 Å². The first-order chi connectivity index (χ1) is 8.65. The normalized spacial score (nSPS) is 10.1. The minimum atomic E-state index is -0.536. The maximum atomic E-state index is 10.9. The van der Waals surface area contributed by atoms with Gasteiger partial charge in [-0.15, -0.1) is 0 Å². The molecule has 0 saturated heterocycles. The van der Waals surface area contributed by atoms with Crippen molar-refractivity contribution >= 4 is 12.0 Å². The third-order valence-corrected chi connectivity index (χ3v) is 2.40. The van der Waals surface area contributed by atoms with Gasteiger partial charge in [0, 0.05) is 11.6 Å². The number of methoxy groups -OCH3 is 1. The van der Waals surface area contributed by atoms with E-state index in [1.54, 1.807) is 12.1 Å². The topological polar surface area (TPSA) is 82.6 Å². The van der Waals surface area contributed by atoms with E-state index >= 15 is 0 Å². The van der Waals surface area contributed by atoms with E-state index < -0.39 is 4.92 Å². The molecule has 1 heterocycles. The van der Waals surface area contributed by atoms with Gasteiger partial charge in [-0.1, -0.05) is 0 Å². The first-order valence-electron chi connectivity index (χ1n) is 5.03. The summed E-state index contributed by atoms with van der Waals surface area (Å²) < 4.78 is 10.1. The van der Waals surface area contributed by atoms with Crippen molar-refractivity contribution in [3.63, 3.8) is 0 Å². The van der Waals surface area contributed by atoms with Crippen LogP contribution in [0.2, 0.25) is 0 Å². The van der Waals surface area contributed by atoms with Crippen molar-refractivity contribution in [1.82, 2.24) is 0 Å². The van der Waals surface area contributed by atoms with Crippen LogP contribution in [0.4, 0.5) is 5.69 Å². The standard InChI is InChI=1S/C12H9NO5/c1-17-12-4-2-8(6-10(12)13(15)16)11-5-3-9(7-14)18-11/h2-7H,1H3. The molecule has 6 heteroatoms. The smallest absolute Gasteiger partial charge is 0.311 e. The molecule has 0 unspecified atom stereocenters. The lowest BCUT2D eigenvalue weighted by Gasteiger charge is -2.03. The van der Waals surface area contributed by atoms with Crippen molar-refractivity contribution in [1.29, 1.82) is 0 Å². The fourth-order valence-corrected chi connectivity index (χ4v) is 1.56. The quantitative estimate of drug-likeness (QED) is 0.471. The highest BCUT2D eigenvalue weighted by atomic mass is 16.6. The summed E-state index contributed by atoms with van der Waals surface area (Å²) in [7, 11) is 1.36. The van der Waals surface area contributed by atoms with Crippen LogP contribution in [0.15, 0.2) is 34.7 Å². The van der Waals surface area contributed by atoms with Crippen LogP contribution in [0.1, 0.15) is 10.6 Å². The summed E-state index contributed by atoms with van der Waals surface area (Å²) in [6, 6.07) is 7.52. The molecule has 0 aliphatic heterocycles. The Morgan fingerprint density at radius 1 is 1.33 bits per heavy atom. The molecule has 92 valence electrons. The van der Waals surface area contributed by atoms with E-state index in [-0.39, 0.29) is 17.2 Å². The predicted molar refractivity (Wildman–Crippen MR) is 62.7 cm³/mol. The van der Waals surface area contributed by atoms with Crippen molar-refractivity contribution in [3.8, 4) is 17.1 Å². The summed E-state index contributed by atoms with van der Waals surface area (Å²) in [6.07, 6.45) is 0.571. The van der Waals surface area contributed by atoms with Gasteiger partial charge >= 0.3 is 5.69 Å². The van der Waals surface area contributed by atoms with E-state index in [0.29, 0.717) is 17.6 Å². The highest BCUT2D eigenvalue weighted by Gasteiger charge is 2.17. The van der Waals surface area contributed by atoms with E-state index in [1.807, 2.05) is 0 Å². The Bertz CT molecular complexity index is 602. The first kappa shape index (κ1) is 11.8. The fourth-order valence-electron chi connectivity index (χ4n) is 1.56. The highest BCUT2D eigenvalue weighted by molar-refractivity contribution is 5.73. The van der Waals surface area contributed by atoms with Crippen LogP contribution >= 0.6 is 0 Å². The number of rotatable bonds is 4. The molecule has 0 saturated carbocycles. The van der Waals surface area contributed by atoms with Gasteiger partial charge in [-0.3, -0.25) is 14.9 Å². The van der Waals surface area contributed by atoms with Gasteiger partial charge in [0.15, 0.2) is 17.8 Å². The molecule has 0 aliphatic carbocycles. The van der Waals surface area contributed by atoms with Crippen molar-refractivity contribution in [2.75, 3.05) is 7.11 Å². The Morgan fingerprint density at radius 3 is 2.67 bits per heavy atom. The van der Waals surface area contributed by atoms with Crippen LogP contribution in [0.25, 0.3) is 11.3 Å². The number of carbonyl (C=O) groups is 1. The number of hydrogen-bond acceptors (Lipinski definition) is 5. The molecular weight excluding hydrogens is 238 g/mol. The van der Waals surface area contributed by atoms with Crippen LogP contribution in [0, 0.1) is 10.1 Å². The molecule has 0 fully saturated rings. The zero-order valence-electron chi connectivity index (χ0n) is 9.45. The zero-order chi connectivity index (χ0) is 13.1. The summed E-state index contributed by atoms with van der Waals surface area (Å²) in [5, 5.41) is 10.9. The average Bonchev–Trinajstić information content (AvgIpc) is 2.86. The number of furan rings is 1. The molecule has 0 aliphatic rings. The number of ether oxygens (including phenoxy) is 1. The van der Waals surface area contributed by atoms with E-state index in [4.69, 9.17) is 9.15 Å². The largest absolute Gasteiger partial charge is 0.490 e. The lowest BCUT2D eigenvalue weighted by atomic mass is 10.1. The Hall–Kier alpha value is -2.63. The van der Waals surface area contributed by atoms with Gasteiger partial charge in [-0.05, 0) is 24.3 Å². The minimum absolute atomic E-state index is 0.154. The predicted octanol–water partition coefficient (Wildman–Crippen LogP) is 2.68. The van der Waals surface area contributed by atoms with Crippen molar-refractivity contribution in [2.45, 2.75) is 0 Å². The SMILES string of the molecule is COc1ccc(-c2ccc(C=O)o2)cc1[N+](=O)[O-]. The molecular formula is C12H9NO5. The maximum absolute atomic E-state index is 10.9. The number of hydrogen-bond donors (Lipinski definition) is 0. The Labute approximate surface area is 102 Å². The van der Waals surface area contributed by atoms with Crippen molar-refractivity contribution in [2.24, 2.45) is 0 Å². The van der Waals surface area contributed by atoms with Gasteiger partial charge in [0.2, 0.25) is 0 Å². The van der Waals surface area contributed by atoms with E-state index in [9.17, 15) is 14.9 Å². The second-order valence-corrected chi connectivity index (χ2v) is 3.46. The lowest BCUT2D eigenvalue weighted by Crippen LogP contribution is -1.93. The maximum Gasteiger partial charge on any atom is 0.311 e. The summed E-state index contributed by atoms with van der Waals surface area (Å²) in [6.45, 7) is 0. The Kier molecular flexibility index (Phi) is 3.09. The molecule has 6 nitrogen and oxygen atoms in total. The molecule has 0 radical (unpaired) electrons. The Balaban J connectivity index is 2.49. The minimum Gasteiger partial charge on any atom is -0.490 e. The lowest BCUT2D eigenvalue weighted by molar-refractivity contribution is -0.385. The Morgan fingerprint density at radius 2 is 2.11 bits per heavy atom. The third-order valence-electron chi connectivity index (χ3n) is 2.40. The molecule has 0 amide bonds. The average molecular weight is 247 g/mol. The van der Waals surface area contributed by atoms with Crippen molar-refractivity contribution in [3.05, 3.63) is 46.2 Å². The van der Waals surface area contributed by atoms with Gasteiger partial charge < -0.3 is 9.15 Å². The molecule has 18 heavy (non-hydrogen) atoms. The summed E-state index contributed by atoms with van der Waals surface area (Å²) in [4.78, 5) is 20.8. The van der Waals surface area contributed by atoms with Crippen LogP contribution in [0.3, 0.4) is 0 Å². The molecule has 0 atom stereocenters. The van der Waals surface area contributed by atoms with Gasteiger partial charge in [0.1, 0.15) is 5.76 Å². The van der Waals surface area contributed by atoms with Gasteiger partial charge in [0.05, 0.1) is 12.0 Å². The van der Waals surface area contributed by atoms with Crippen LogP contribution in [-0.4, -0.2) is 18.3 Å². The molecule has 0 spiro atoms. The molecule has 0 N–H and O–H groups in total. The van der Waals surface area contributed by atoms with Crippen LogP contribution < -0.4 is 4.74 Å². The van der Waals surface area contributed by atoms with E-state index in [0.717, 1.165) is 0 Å². The summed E-state index contributed by atoms with van der Waals surface area (Å²) in [5.41, 5.74) is 0.356. The number of nitro benzene ring substituents is 1. The summed E-state index contributed by atoms with van der Waals surface area (Å²) >= 11 is 0. The third kappa shape index (κ3) is 2.08. The molecule has 1 aromatic carbocycles. The number of nitro groups is 1. The van der Waals surface area contributed by atoms with Gasteiger partial charge in [0.25, 0.3) is 0 Å². The number of benzene rings is 1. The number of nitrogens with zero attached hydrogens (tertiary/aromatic N) is 1. The number of aldehydes is 1. The van der Waals surface area contributed by atoms with Gasteiger partial charge in [-0.25, -0.2) is 0 Å². The first-order valence-corrected chi connectivity index (χ1v) is 5.03. The zero-order valence-corrected chi connectivity index (χ0v) is 9.45. The van der Waals surface area contributed by atoms with Crippen molar-refractivity contribution < 1.29 is 18.9 Å². The molecule has 2 aromatic rings.